The van der Waals surface area contributed by atoms with Crippen molar-refractivity contribution in [3.05, 3.63) is 33.9 Å². The molecule has 0 spiro atoms. The number of esters is 1. The molecule has 1 aromatic carbocycles. The van der Waals surface area contributed by atoms with Crippen LogP contribution in [-0.4, -0.2) is 10.9 Å². The predicted octanol–water partition coefficient (Wildman–Crippen LogP) is 1.59. The lowest BCUT2D eigenvalue weighted by Gasteiger charge is -2.03. The van der Waals surface area contributed by atoms with E-state index in [1.807, 2.05) is 6.07 Å². The summed E-state index contributed by atoms with van der Waals surface area (Å²) in [5.41, 5.74) is 0.0729. The number of rotatable bonds is 3. The number of nitro groups is 1. The lowest BCUT2D eigenvalue weighted by Crippen LogP contribution is -2.02. The molecular formula is C10H8N2O4. The zero-order valence-corrected chi connectivity index (χ0v) is 8.47. The Kier molecular flexibility index (Phi) is 3.56. The molecule has 0 atom stereocenters. The van der Waals surface area contributed by atoms with Gasteiger partial charge in [0.05, 0.1) is 17.4 Å². The molecule has 0 amide bonds. The van der Waals surface area contributed by atoms with Crippen LogP contribution in [0.2, 0.25) is 0 Å². The van der Waals surface area contributed by atoms with Crippen molar-refractivity contribution in [2.75, 3.05) is 0 Å². The van der Waals surface area contributed by atoms with Gasteiger partial charge in [0.2, 0.25) is 0 Å². The number of benzene rings is 1. The molecule has 16 heavy (non-hydrogen) atoms. The molecule has 0 radical (unpaired) electrons. The van der Waals surface area contributed by atoms with Crippen molar-refractivity contribution >= 4 is 11.7 Å². The highest BCUT2D eigenvalue weighted by molar-refractivity contribution is 5.69. The molecule has 0 bridgehead atoms. The fourth-order valence-corrected chi connectivity index (χ4v) is 1.20. The van der Waals surface area contributed by atoms with Crippen LogP contribution in [-0.2, 0) is 11.2 Å². The Morgan fingerprint density at radius 3 is 2.81 bits per heavy atom. The van der Waals surface area contributed by atoms with Crippen LogP contribution in [0.1, 0.15) is 12.5 Å². The third kappa shape index (κ3) is 2.78. The van der Waals surface area contributed by atoms with Crippen LogP contribution in [0, 0.1) is 21.4 Å². The minimum absolute atomic E-state index is 0.106. The van der Waals surface area contributed by atoms with Gasteiger partial charge in [0.1, 0.15) is 5.75 Å². The molecule has 1 rings (SSSR count). The molecule has 82 valence electrons. The Balaban J connectivity index is 3.12. The van der Waals surface area contributed by atoms with Gasteiger partial charge in [0, 0.05) is 18.6 Å². The monoisotopic (exact) mass is 220 g/mol. The molecule has 0 saturated heterocycles. The summed E-state index contributed by atoms with van der Waals surface area (Å²) in [5.74, 6) is -0.319. The predicted molar refractivity (Wildman–Crippen MR) is 53.7 cm³/mol. The molecule has 0 saturated carbocycles. The van der Waals surface area contributed by atoms with E-state index in [1.165, 1.54) is 25.1 Å². The second-order valence-electron chi connectivity index (χ2n) is 2.98. The Morgan fingerprint density at radius 1 is 1.62 bits per heavy atom. The van der Waals surface area contributed by atoms with Gasteiger partial charge in [-0.3, -0.25) is 14.9 Å². The number of nitriles is 1. The average Bonchev–Trinajstić information content (AvgIpc) is 2.17. The molecule has 6 nitrogen and oxygen atoms in total. The Morgan fingerprint density at radius 2 is 2.31 bits per heavy atom. The summed E-state index contributed by atoms with van der Waals surface area (Å²) in [5, 5.41) is 19.1. The van der Waals surface area contributed by atoms with Gasteiger partial charge >= 0.3 is 5.97 Å². The molecule has 0 N–H and O–H groups in total. The summed E-state index contributed by atoms with van der Waals surface area (Å²) in [6.45, 7) is 1.23. The number of hydrogen-bond donors (Lipinski definition) is 0. The van der Waals surface area contributed by atoms with Crippen LogP contribution in [0.3, 0.4) is 0 Å². The highest BCUT2D eigenvalue weighted by Crippen LogP contribution is 2.24. The highest BCUT2D eigenvalue weighted by atomic mass is 16.6. The van der Waals surface area contributed by atoms with Gasteiger partial charge in [-0.05, 0) is 12.1 Å². The van der Waals surface area contributed by atoms with Crippen molar-refractivity contribution in [3.8, 4) is 11.8 Å². The van der Waals surface area contributed by atoms with Crippen LogP contribution < -0.4 is 4.74 Å². The van der Waals surface area contributed by atoms with Gasteiger partial charge in [-0.2, -0.15) is 5.26 Å². The molecular weight excluding hydrogens is 212 g/mol. The van der Waals surface area contributed by atoms with Crippen molar-refractivity contribution in [1.29, 1.82) is 5.26 Å². The highest BCUT2D eigenvalue weighted by Gasteiger charge is 2.14. The summed E-state index contributed by atoms with van der Waals surface area (Å²) in [4.78, 5) is 20.7. The van der Waals surface area contributed by atoms with E-state index in [0.29, 0.717) is 0 Å². The standard InChI is InChI=1S/C10H8N2O4/c1-7(13)16-9-2-3-10(12(14)15)8(6-9)4-5-11/h2-3,6H,4H2,1H3. The first-order chi connectivity index (χ1) is 7.54. The minimum Gasteiger partial charge on any atom is -0.427 e. The van der Waals surface area contributed by atoms with E-state index in [9.17, 15) is 14.9 Å². The third-order valence-corrected chi connectivity index (χ3v) is 1.78. The van der Waals surface area contributed by atoms with Gasteiger partial charge in [-0.1, -0.05) is 0 Å². The van der Waals surface area contributed by atoms with Crippen molar-refractivity contribution in [2.45, 2.75) is 13.3 Å². The fraction of sp³-hybridized carbons (Fsp3) is 0.200. The van der Waals surface area contributed by atoms with E-state index in [2.05, 4.69) is 0 Å². The SMILES string of the molecule is CC(=O)Oc1ccc([N+](=O)[O-])c(CC#N)c1. The van der Waals surface area contributed by atoms with Crippen LogP contribution in [0.5, 0.6) is 5.75 Å². The number of carbonyl (C=O) groups excluding carboxylic acids is 1. The molecule has 0 aromatic heterocycles. The maximum atomic E-state index is 10.7. The van der Waals surface area contributed by atoms with E-state index < -0.39 is 10.9 Å². The summed E-state index contributed by atoms with van der Waals surface area (Å²) in [6, 6.07) is 5.67. The lowest BCUT2D eigenvalue weighted by molar-refractivity contribution is -0.385. The maximum Gasteiger partial charge on any atom is 0.308 e. The second kappa shape index (κ2) is 4.89. The van der Waals surface area contributed by atoms with Gasteiger partial charge in [-0.15, -0.1) is 0 Å². The quantitative estimate of drug-likeness (QED) is 0.333. The molecule has 0 heterocycles. The minimum atomic E-state index is -0.579. The summed E-state index contributed by atoms with van der Waals surface area (Å²) in [7, 11) is 0. The number of hydrogen-bond acceptors (Lipinski definition) is 5. The molecule has 0 aliphatic carbocycles. The molecule has 1 aromatic rings. The van der Waals surface area contributed by atoms with Crippen molar-refractivity contribution in [2.24, 2.45) is 0 Å². The van der Waals surface area contributed by atoms with E-state index in [0.717, 1.165) is 0 Å². The van der Waals surface area contributed by atoms with E-state index in [4.69, 9.17) is 10.00 Å². The first-order valence-electron chi connectivity index (χ1n) is 4.37. The van der Waals surface area contributed by atoms with Gasteiger partial charge in [-0.25, -0.2) is 0 Å². The van der Waals surface area contributed by atoms with Crippen LogP contribution in [0.25, 0.3) is 0 Å². The first-order valence-corrected chi connectivity index (χ1v) is 4.37. The first kappa shape index (κ1) is 11.7. The average molecular weight is 220 g/mol. The number of nitrogens with zero attached hydrogens (tertiary/aromatic N) is 2. The van der Waals surface area contributed by atoms with E-state index in [-0.39, 0.29) is 23.4 Å². The number of carbonyl (C=O) groups is 1. The molecule has 0 fully saturated rings. The van der Waals surface area contributed by atoms with E-state index in [1.54, 1.807) is 0 Å². The number of ether oxygens (including phenoxy) is 1. The zero-order valence-electron chi connectivity index (χ0n) is 8.47. The van der Waals surface area contributed by atoms with Crippen molar-refractivity contribution < 1.29 is 14.5 Å². The van der Waals surface area contributed by atoms with Crippen molar-refractivity contribution in [3.63, 3.8) is 0 Å². The van der Waals surface area contributed by atoms with Crippen LogP contribution in [0.4, 0.5) is 5.69 Å². The van der Waals surface area contributed by atoms with Crippen LogP contribution >= 0.6 is 0 Å². The van der Waals surface area contributed by atoms with E-state index >= 15 is 0 Å². The Labute approximate surface area is 91.2 Å². The molecule has 6 heteroatoms. The second-order valence-corrected chi connectivity index (χ2v) is 2.98. The summed E-state index contributed by atoms with van der Waals surface area (Å²) in [6.07, 6.45) is -0.106. The topological polar surface area (TPSA) is 93.2 Å². The molecule has 0 unspecified atom stereocenters. The Bertz CT molecular complexity index is 476. The summed E-state index contributed by atoms with van der Waals surface area (Å²) >= 11 is 0. The third-order valence-electron chi connectivity index (χ3n) is 1.78. The molecule has 0 aliphatic heterocycles. The number of nitro benzene ring substituents is 1. The smallest absolute Gasteiger partial charge is 0.308 e. The van der Waals surface area contributed by atoms with Crippen LogP contribution in [0.15, 0.2) is 18.2 Å². The largest absolute Gasteiger partial charge is 0.427 e. The Hall–Kier alpha value is -2.42. The normalized spacial score (nSPS) is 9.25. The lowest BCUT2D eigenvalue weighted by atomic mass is 10.1. The van der Waals surface area contributed by atoms with Gasteiger partial charge in [0.15, 0.2) is 0 Å². The maximum absolute atomic E-state index is 10.7. The molecule has 0 aliphatic rings. The van der Waals surface area contributed by atoms with Crippen molar-refractivity contribution in [1.82, 2.24) is 0 Å². The fourth-order valence-electron chi connectivity index (χ4n) is 1.20. The van der Waals surface area contributed by atoms with Gasteiger partial charge in [0.25, 0.3) is 5.69 Å². The zero-order chi connectivity index (χ0) is 12.1. The summed E-state index contributed by atoms with van der Waals surface area (Å²) < 4.78 is 4.77. The van der Waals surface area contributed by atoms with Gasteiger partial charge < -0.3 is 4.74 Å².